The lowest BCUT2D eigenvalue weighted by Crippen LogP contribution is -1.99. The molecule has 0 N–H and O–H groups in total. The number of methoxy groups -OCH3 is 2. The van der Waals surface area contributed by atoms with Crippen LogP contribution < -0.4 is 9.47 Å². The highest BCUT2D eigenvalue weighted by molar-refractivity contribution is 9.09. The van der Waals surface area contributed by atoms with Crippen LogP contribution in [0.1, 0.15) is 16.0 Å². The summed E-state index contributed by atoms with van der Waals surface area (Å²) in [5.74, 6) is 0.918. The van der Waals surface area contributed by atoms with Crippen molar-refractivity contribution in [2.75, 3.05) is 14.2 Å². The second-order valence-electron chi connectivity index (χ2n) is 4.11. The van der Waals surface area contributed by atoms with Gasteiger partial charge >= 0.3 is 0 Å². The third-order valence-electron chi connectivity index (χ3n) is 2.96. The van der Waals surface area contributed by atoms with Gasteiger partial charge in [0.25, 0.3) is 0 Å². The van der Waals surface area contributed by atoms with Crippen LogP contribution in [0, 0.1) is 5.82 Å². The lowest BCUT2D eigenvalue weighted by atomic mass is 10.0. The molecule has 0 saturated carbocycles. The molecule has 2 aromatic rings. The summed E-state index contributed by atoms with van der Waals surface area (Å²) in [4.78, 5) is -0.296. The summed E-state index contributed by atoms with van der Waals surface area (Å²) >= 11 is 9.58. The molecule has 0 saturated heterocycles. The summed E-state index contributed by atoms with van der Waals surface area (Å²) in [5, 5.41) is 0.0965. The van der Waals surface area contributed by atoms with Crippen molar-refractivity contribution >= 4 is 27.5 Å². The first kappa shape index (κ1) is 15.1. The van der Waals surface area contributed by atoms with E-state index in [0.29, 0.717) is 17.1 Å². The Morgan fingerprint density at radius 3 is 2.50 bits per heavy atom. The average Bonchev–Trinajstić information content (AvgIpc) is 2.48. The van der Waals surface area contributed by atoms with Crippen molar-refractivity contribution in [3.63, 3.8) is 0 Å². The average molecular weight is 360 g/mol. The Kier molecular flexibility index (Phi) is 4.89. The van der Waals surface area contributed by atoms with Gasteiger partial charge in [0.2, 0.25) is 0 Å². The van der Waals surface area contributed by atoms with Crippen molar-refractivity contribution in [2.24, 2.45) is 0 Å². The van der Waals surface area contributed by atoms with Gasteiger partial charge in [-0.2, -0.15) is 0 Å². The molecule has 106 valence electrons. The molecule has 2 aromatic carbocycles. The van der Waals surface area contributed by atoms with Crippen LogP contribution in [0.2, 0.25) is 5.02 Å². The Morgan fingerprint density at radius 1 is 1.10 bits per heavy atom. The van der Waals surface area contributed by atoms with E-state index in [9.17, 15) is 4.39 Å². The fourth-order valence-electron chi connectivity index (χ4n) is 1.92. The van der Waals surface area contributed by atoms with E-state index in [1.807, 2.05) is 6.07 Å². The topological polar surface area (TPSA) is 18.5 Å². The fraction of sp³-hybridized carbons (Fsp3) is 0.200. The zero-order chi connectivity index (χ0) is 14.7. The van der Waals surface area contributed by atoms with Crippen LogP contribution in [-0.2, 0) is 0 Å². The first-order valence-corrected chi connectivity index (χ1v) is 7.17. The minimum absolute atomic E-state index is 0.0965. The van der Waals surface area contributed by atoms with E-state index < -0.39 is 5.82 Å². The van der Waals surface area contributed by atoms with E-state index in [-0.39, 0.29) is 9.85 Å². The summed E-state index contributed by atoms with van der Waals surface area (Å²) in [6, 6.07) is 10.2. The standard InChI is InChI=1S/C15H13BrClFO2/c1-19-9-6-7-13(20-2)11(8-9)14(16)10-4-3-5-12(18)15(10)17/h3-8,14H,1-2H3. The minimum atomic E-state index is -0.449. The van der Waals surface area contributed by atoms with Gasteiger partial charge in [-0.05, 0) is 29.8 Å². The molecule has 1 unspecified atom stereocenters. The van der Waals surface area contributed by atoms with Gasteiger partial charge in [-0.15, -0.1) is 0 Å². The first-order valence-electron chi connectivity index (χ1n) is 5.88. The second kappa shape index (κ2) is 6.46. The van der Waals surface area contributed by atoms with Gasteiger partial charge < -0.3 is 9.47 Å². The molecule has 20 heavy (non-hydrogen) atoms. The quantitative estimate of drug-likeness (QED) is 0.717. The monoisotopic (exact) mass is 358 g/mol. The zero-order valence-corrected chi connectivity index (χ0v) is 13.3. The number of alkyl halides is 1. The van der Waals surface area contributed by atoms with E-state index in [2.05, 4.69) is 15.9 Å². The summed E-state index contributed by atoms with van der Waals surface area (Å²) < 4.78 is 24.1. The number of halogens is 3. The molecular weight excluding hydrogens is 347 g/mol. The van der Waals surface area contributed by atoms with Gasteiger partial charge in [0.05, 0.1) is 24.1 Å². The predicted molar refractivity (Wildman–Crippen MR) is 81.7 cm³/mol. The van der Waals surface area contributed by atoms with Crippen LogP contribution in [0.5, 0.6) is 11.5 Å². The Labute approximate surface area is 130 Å². The van der Waals surface area contributed by atoms with Gasteiger partial charge in [0.1, 0.15) is 17.3 Å². The first-order chi connectivity index (χ1) is 9.58. The van der Waals surface area contributed by atoms with E-state index in [1.165, 1.54) is 6.07 Å². The third kappa shape index (κ3) is 2.91. The Morgan fingerprint density at radius 2 is 1.85 bits per heavy atom. The number of benzene rings is 2. The number of rotatable bonds is 4. The van der Waals surface area contributed by atoms with Crippen LogP contribution in [0.25, 0.3) is 0 Å². The summed E-state index contributed by atoms with van der Waals surface area (Å²) in [6.07, 6.45) is 0. The Balaban J connectivity index is 2.51. The van der Waals surface area contributed by atoms with Crippen molar-refractivity contribution < 1.29 is 13.9 Å². The van der Waals surface area contributed by atoms with Crippen molar-refractivity contribution in [3.8, 4) is 11.5 Å². The molecule has 0 fully saturated rings. The van der Waals surface area contributed by atoms with Crippen molar-refractivity contribution in [3.05, 3.63) is 58.4 Å². The number of hydrogen-bond acceptors (Lipinski definition) is 2. The Hall–Kier alpha value is -1.26. The van der Waals surface area contributed by atoms with Crippen LogP contribution in [-0.4, -0.2) is 14.2 Å². The minimum Gasteiger partial charge on any atom is -0.497 e. The molecule has 2 rings (SSSR count). The molecule has 0 amide bonds. The predicted octanol–water partition coefficient (Wildman–Crippen LogP) is 4.98. The molecular formula is C15H13BrClFO2. The highest BCUT2D eigenvalue weighted by atomic mass is 79.9. The highest BCUT2D eigenvalue weighted by Crippen LogP contribution is 2.41. The van der Waals surface area contributed by atoms with Gasteiger partial charge in [-0.1, -0.05) is 39.7 Å². The van der Waals surface area contributed by atoms with Crippen LogP contribution in [0.15, 0.2) is 36.4 Å². The zero-order valence-electron chi connectivity index (χ0n) is 11.0. The molecule has 0 bridgehead atoms. The van der Waals surface area contributed by atoms with E-state index >= 15 is 0 Å². The van der Waals surface area contributed by atoms with Crippen LogP contribution >= 0.6 is 27.5 Å². The van der Waals surface area contributed by atoms with E-state index in [0.717, 1.165) is 5.56 Å². The molecule has 0 aliphatic heterocycles. The van der Waals surface area contributed by atoms with Crippen molar-refractivity contribution in [1.82, 2.24) is 0 Å². The van der Waals surface area contributed by atoms with Crippen LogP contribution in [0.4, 0.5) is 4.39 Å². The van der Waals surface area contributed by atoms with E-state index in [1.54, 1.807) is 38.5 Å². The molecule has 0 aliphatic carbocycles. The van der Waals surface area contributed by atoms with Gasteiger partial charge in [-0.25, -0.2) is 4.39 Å². The second-order valence-corrected chi connectivity index (χ2v) is 5.41. The van der Waals surface area contributed by atoms with Crippen molar-refractivity contribution in [1.29, 1.82) is 0 Å². The van der Waals surface area contributed by atoms with Gasteiger partial charge in [0, 0.05) is 5.56 Å². The lowest BCUT2D eigenvalue weighted by Gasteiger charge is -2.17. The maximum absolute atomic E-state index is 13.6. The molecule has 0 heterocycles. The van der Waals surface area contributed by atoms with Gasteiger partial charge in [0.15, 0.2) is 0 Å². The smallest absolute Gasteiger partial charge is 0.142 e. The lowest BCUT2D eigenvalue weighted by molar-refractivity contribution is 0.399. The van der Waals surface area contributed by atoms with E-state index in [4.69, 9.17) is 21.1 Å². The Bertz CT molecular complexity index is 619. The summed E-state index contributed by atoms with van der Waals surface area (Å²) in [7, 11) is 3.17. The van der Waals surface area contributed by atoms with Gasteiger partial charge in [-0.3, -0.25) is 0 Å². The number of hydrogen-bond donors (Lipinski definition) is 0. The SMILES string of the molecule is COc1ccc(OC)c(C(Br)c2cccc(F)c2Cl)c1. The normalized spacial score (nSPS) is 12.1. The van der Waals surface area contributed by atoms with Crippen LogP contribution in [0.3, 0.4) is 0 Å². The maximum Gasteiger partial charge on any atom is 0.142 e. The maximum atomic E-state index is 13.6. The molecule has 0 spiro atoms. The summed E-state index contributed by atoms with van der Waals surface area (Å²) in [5.41, 5.74) is 1.46. The molecule has 5 heteroatoms. The molecule has 0 aromatic heterocycles. The molecule has 0 radical (unpaired) electrons. The molecule has 1 atom stereocenters. The number of ether oxygens (including phenoxy) is 2. The fourth-order valence-corrected chi connectivity index (χ4v) is 3.03. The highest BCUT2D eigenvalue weighted by Gasteiger charge is 2.20. The molecule has 0 aliphatic rings. The third-order valence-corrected chi connectivity index (χ3v) is 4.35. The summed E-state index contributed by atoms with van der Waals surface area (Å²) in [6.45, 7) is 0. The molecule has 2 nitrogen and oxygen atoms in total. The largest absolute Gasteiger partial charge is 0.497 e. The van der Waals surface area contributed by atoms with Crippen molar-refractivity contribution in [2.45, 2.75) is 4.83 Å².